The first-order chi connectivity index (χ1) is 13.3. The molecule has 3 rings (SSSR count). The van der Waals surface area contributed by atoms with Crippen LogP contribution in [0.2, 0.25) is 10.0 Å². The SMILES string of the molecule is Cc1ccc(S(=O)(=O)N2CCOCC2)cc1NC(=O)Cc1ccc(Cl)c(Cl)c1. The number of rotatable bonds is 5. The molecule has 150 valence electrons. The van der Waals surface area contributed by atoms with E-state index < -0.39 is 10.0 Å². The van der Waals surface area contributed by atoms with Gasteiger partial charge in [-0.1, -0.05) is 35.3 Å². The summed E-state index contributed by atoms with van der Waals surface area (Å²) in [7, 11) is -3.64. The predicted octanol–water partition coefficient (Wildman–Crippen LogP) is 3.50. The molecule has 1 N–H and O–H groups in total. The first kappa shape index (κ1) is 21.1. The van der Waals surface area contributed by atoms with Gasteiger partial charge in [-0.2, -0.15) is 4.31 Å². The van der Waals surface area contributed by atoms with E-state index in [2.05, 4.69) is 5.32 Å². The Labute approximate surface area is 174 Å². The van der Waals surface area contributed by atoms with Crippen molar-refractivity contribution in [1.29, 1.82) is 0 Å². The highest BCUT2D eigenvalue weighted by atomic mass is 35.5. The second-order valence-corrected chi connectivity index (χ2v) is 9.22. The van der Waals surface area contributed by atoms with Crippen LogP contribution in [-0.4, -0.2) is 44.9 Å². The number of anilines is 1. The highest BCUT2D eigenvalue weighted by molar-refractivity contribution is 7.89. The number of nitrogens with zero attached hydrogens (tertiary/aromatic N) is 1. The fraction of sp³-hybridized carbons (Fsp3) is 0.316. The van der Waals surface area contributed by atoms with Crippen molar-refractivity contribution in [2.45, 2.75) is 18.2 Å². The van der Waals surface area contributed by atoms with Crippen LogP contribution in [0.15, 0.2) is 41.3 Å². The fourth-order valence-corrected chi connectivity index (χ4v) is 4.62. The van der Waals surface area contributed by atoms with Gasteiger partial charge in [0.05, 0.1) is 34.6 Å². The first-order valence-corrected chi connectivity index (χ1v) is 10.9. The zero-order valence-electron chi connectivity index (χ0n) is 15.2. The number of carbonyl (C=O) groups excluding carboxylic acids is 1. The third-order valence-corrected chi connectivity index (χ3v) is 7.07. The van der Waals surface area contributed by atoms with E-state index in [0.29, 0.717) is 47.6 Å². The lowest BCUT2D eigenvalue weighted by Crippen LogP contribution is -2.40. The molecule has 2 aromatic carbocycles. The zero-order valence-corrected chi connectivity index (χ0v) is 17.6. The summed E-state index contributed by atoms with van der Waals surface area (Å²) >= 11 is 11.9. The summed E-state index contributed by atoms with van der Waals surface area (Å²) < 4.78 is 32.3. The van der Waals surface area contributed by atoms with Crippen LogP contribution in [0.25, 0.3) is 0 Å². The maximum Gasteiger partial charge on any atom is 0.243 e. The average molecular weight is 443 g/mol. The topological polar surface area (TPSA) is 75.7 Å². The molecule has 1 fully saturated rings. The molecule has 0 unspecified atom stereocenters. The number of aryl methyl sites for hydroxylation is 1. The van der Waals surface area contributed by atoms with Gasteiger partial charge >= 0.3 is 0 Å². The van der Waals surface area contributed by atoms with Gasteiger partial charge in [0.15, 0.2) is 0 Å². The molecule has 0 saturated carbocycles. The molecule has 1 aliphatic rings. The Kier molecular flexibility index (Phi) is 6.62. The number of hydrogen-bond acceptors (Lipinski definition) is 4. The second-order valence-electron chi connectivity index (χ2n) is 6.47. The summed E-state index contributed by atoms with van der Waals surface area (Å²) in [5, 5.41) is 3.58. The summed E-state index contributed by atoms with van der Waals surface area (Å²) in [5.41, 5.74) is 1.93. The van der Waals surface area contributed by atoms with E-state index in [9.17, 15) is 13.2 Å². The van der Waals surface area contributed by atoms with Gasteiger partial charge in [-0.15, -0.1) is 0 Å². The van der Waals surface area contributed by atoms with Gasteiger partial charge in [-0.05, 0) is 42.3 Å². The third-order valence-electron chi connectivity index (χ3n) is 4.44. The molecule has 1 aliphatic heterocycles. The van der Waals surface area contributed by atoms with Crippen LogP contribution in [0, 0.1) is 6.92 Å². The van der Waals surface area contributed by atoms with Crippen molar-refractivity contribution in [3.05, 3.63) is 57.6 Å². The Morgan fingerprint density at radius 2 is 1.82 bits per heavy atom. The Morgan fingerprint density at radius 3 is 2.50 bits per heavy atom. The van der Waals surface area contributed by atoms with Crippen LogP contribution < -0.4 is 5.32 Å². The van der Waals surface area contributed by atoms with E-state index in [1.54, 1.807) is 37.3 Å². The molecule has 1 heterocycles. The number of sulfonamides is 1. The molecular formula is C19H20Cl2N2O4S. The number of amides is 1. The number of hydrogen-bond donors (Lipinski definition) is 1. The maximum absolute atomic E-state index is 12.8. The quantitative estimate of drug-likeness (QED) is 0.768. The van der Waals surface area contributed by atoms with Crippen molar-refractivity contribution in [2.24, 2.45) is 0 Å². The Hall–Kier alpha value is -1.64. The van der Waals surface area contributed by atoms with E-state index >= 15 is 0 Å². The van der Waals surface area contributed by atoms with Crippen molar-refractivity contribution in [3.63, 3.8) is 0 Å². The Bertz CT molecular complexity index is 989. The standard InChI is InChI=1S/C19H20Cl2N2O4S/c1-13-2-4-15(28(25,26)23-6-8-27-9-7-23)12-18(13)22-19(24)11-14-3-5-16(20)17(21)10-14/h2-5,10,12H,6-9,11H2,1H3,(H,22,24). The van der Waals surface area contributed by atoms with E-state index in [1.165, 1.54) is 10.4 Å². The van der Waals surface area contributed by atoms with E-state index in [4.69, 9.17) is 27.9 Å². The maximum atomic E-state index is 12.8. The minimum Gasteiger partial charge on any atom is -0.379 e. The molecule has 0 radical (unpaired) electrons. The number of benzene rings is 2. The second kappa shape index (κ2) is 8.80. The monoisotopic (exact) mass is 442 g/mol. The van der Waals surface area contributed by atoms with Crippen molar-refractivity contribution in [1.82, 2.24) is 4.31 Å². The minimum absolute atomic E-state index is 0.0940. The summed E-state index contributed by atoms with van der Waals surface area (Å²) in [6.07, 6.45) is 0.0940. The summed E-state index contributed by atoms with van der Waals surface area (Å²) in [6, 6.07) is 9.71. The van der Waals surface area contributed by atoms with Crippen LogP contribution >= 0.6 is 23.2 Å². The van der Waals surface area contributed by atoms with Crippen molar-refractivity contribution >= 4 is 44.8 Å². The number of morpholine rings is 1. The molecule has 1 amide bonds. The van der Waals surface area contributed by atoms with E-state index in [0.717, 1.165) is 5.56 Å². The largest absolute Gasteiger partial charge is 0.379 e. The van der Waals surface area contributed by atoms with Crippen LogP contribution in [0.5, 0.6) is 0 Å². The van der Waals surface area contributed by atoms with Gasteiger partial charge in [0.1, 0.15) is 0 Å². The van der Waals surface area contributed by atoms with Gasteiger partial charge in [-0.25, -0.2) is 8.42 Å². The zero-order chi connectivity index (χ0) is 20.3. The van der Waals surface area contributed by atoms with Crippen molar-refractivity contribution in [3.8, 4) is 0 Å². The fourth-order valence-electron chi connectivity index (χ4n) is 2.86. The summed E-state index contributed by atoms with van der Waals surface area (Å²) in [6.45, 7) is 3.18. The number of carbonyl (C=O) groups is 1. The summed E-state index contributed by atoms with van der Waals surface area (Å²) in [4.78, 5) is 12.6. The highest BCUT2D eigenvalue weighted by Crippen LogP contribution is 2.25. The van der Waals surface area contributed by atoms with E-state index in [-0.39, 0.29) is 17.2 Å². The first-order valence-electron chi connectivity index (χ1n) is 8.70. The normalized spacial score (nSPS) is 15.4. The van der Waals surface area contributed by atoms with Crippen LogP contribution in [-0.2, 0) is 26.0 Å². The Morgan fingerprint density at radius 1 is 1.11 bits per heavy atom. The summed E-state index contributed by atoms with van der Waals surface area (Å²) in [5.74, 6) is -0.276. The number of ether oxygens (including phenoxy) is 1. The third kappa shape index (κ3) is 4.85. The lowest BCUT2D eigenvalue weighted by atomic mass is 10.1. The van der Waals surface area contributed by atoms with Crippen molar-refractivity contribution < 1.29 is 17.9 Å². The molecule has 0 spiro atoms. The molecule has 28 heavy (non-hydrogen) atoms. The number of halogens is 2. The van der Waals surface area contributed by atoms with Gasteiger partial charge < -0.3 is 10.1 Å². The van der Waals surface area contributed by atoms with Gasteiger partial charge in [0.25, 0.3) is 0 Å². The molecule has 0 aliphatic carbocycles. The van der Waals surface area contributed by atoms with Crippen LogP contribution in [0.3, 0.4) is 0 Å². The molecule has 0 aromatic heterocycles. The van der Waals surface area contributed by atoms with Gasteiger partial charge in [-0.3, -0.25) is 4.79 Å². The smallest absolute Gasteiger partial charge is 0.243 e. The highest BCUT2D eigenvalue weighted by Gasteiger charge is 2.26. The Balaban J connectivity index is 1.77. The lowest BCUT2D eigenvalue weighted by Gasteiger charge is -2.26. The average Bonchev–Trinajstić information content (AvgIpc) is 2.67. The number of nitrogens with one attached hydrogen (secondary N) is 1. The molecule has 6 nitrogen and oxygen atoms in total. The van der Waals surface area contributed by atoms with Crippen LogP contribution in [0.4, 0.5) is 5.69 Å². The van der Waals surface area contributed by atoms with Gasteiger partial charge in [0, 0.05) is 18.8 Å². The molecule has 1 saturated heterocycles. The predicted molar refractivity (Wildman–Crippen MR) is 110 cm³/mol. The molecule has 0 atom stereocenters. The lowest BCUT2D eigenvalue weighted by molar-refractivity contribution is -0.115. The van der Waals surface area contributed by atoms with Gasteiger partial charge in [0.2, 0.25) is 15.9 Å². The molecule has 0 bridgehead atoms. The molecular weight excluding hydrogens is 423 g/mol. The van der Waals surface area contributed by atoms with E-state index in [1.807, 2.05) is 0 Å². The molecule has 9 heteroatoms. The minimum atomic E-state index is -3.64. The van der Waals surface area contributed by atoms with Crippen LogP contribution in [0.1, 0.15) is 11.1 Å². The molecule has 2 aromatic rings. The van der Waals surface area contributed by atoms with Crippen molar-refractivity contribution in [2.75, 3.05) is 31.6 Å².